The first-order valence-electron chi connectivity index (χ1n) is 7.22. The Bertz CT molecular complexity index is 488. The molecule has 6 heteroatoms. The van der Waals surface area contributed by atoms with E-state index in [1.54, 1.807) is 7.05 Å². The number of likely N-dealkylation sites (tertiary alicyclic amines) is 1. The Labute approximate surface area is 117 Å². The Morgan fingerprint density at radius 2 is 1.95 bits per heavy atom. The lowest BCUT2D eigenvalue weighted by Gasteiger charge is -2.24. The van der Waals surface area contributed by atoms with E-state index < -0.39 is 11.6 Å². The largest absolute Gasteiger partial charge is 0.371 e. The molecule has 1 unspecified atom stereocenters. The van der Waals surface area contributed by atoms with Crippen molar-refractivity contribution in [3.63, 3.8) is 0 Å². The summed E-state index contributed by atoms with van der Waals surface area (Å²) < 4.78 is 27.4. The molecule has 1 aromatic rings. The molecule has 2 fully saturated rings. The van der Waals surface area contributed by atoms with Gasteiger partial charge in [0.15, 0.2) is 23.3 Å². The molecule has 2 aliphatic rings. The van der Waals surface area contributed by atoms with Gasteiger partial charge in [0.2, 0.25) is 0 Å². The molecule has 0 bridgehead atoms. The monoisotopic (exact) mass is 282 g/mol. The number of halogens is 2. The van der Waals surface area contributed by atoms with Crippen molar-refractivity contribution in [1.82, 2.24) is 9.88 Å². The Morgan fingerprint density at radius 3 is 2.65 bits per heavy atom. The summed E-state index contributed by atoms with van der Waals surface area (Å²) in [6, 6.07) is 1.39. The Hall–Kier alpha value is -1.43. The summed E-state index contributed by atoms with van der Waals surface area (Å²) in [5.41, 5.74) is 0. The van der Waals surface area contributed by atoms with Gasteiger partial charge >= 0.3 is 0 Å². The molecule has 20 heavy (non-hydrogen) atoms. The molecule has 0 spiro atoms. The summed E-state index contributed by atoms with van der Waals surface area (Å²) in [5, 5.41) is 2.66. The zero-order chi connectivity index (χ0) is 14.1. The van der Waals surface area contributed by atoms with Gasteiger partial charge in [0.25, 0.3) is 0 Å². The molecule has 3 rings (SSSR count). The maximum absolute atomic E-state index is 13.9. The number of hydrogen-bond donors (Lipinski definition) is 1. The van der Waals surface area contributed by atoms with E-state index in [0.29, 0.717) is 6.04 Å². The summed E-state index contributed by atoms with van der Waals surface area (Å²) in [4.78, 5) is 8.48. The molecular weight excluding hydrogens is 262 g/mol. The van der Waals surface area contributed by atoms with E-state index >= 15 is 0 Å². The highest BCUT2D eigenvalue weighted by Gasteiger charge is 2.31. The van der Waals surface area contributed by atoms with Gasteiger partial charge < -0.3 is 10.2 Å². The molecule has 1 atom stereocenters. The van der Waals surface area contributed by atoms with Gasteiger partial charge in [-0.3, -0.25) is 4.90 Å². The van der Waals surface area contributed by atoms with Crippen molar-refractivity contribution in [2.24, 2.45) is 0 Å². The molecule has 3 heterocycles. The maximum Gasteiger partial charge on any atom is 0.168 e. The first kappa shape index (κ1) is 13.5. The molecule has 0 aliphatic carbocycles. The fourth-order valence-electron chi connectivity index (χ4n) is 3.19. The predicted octanol–water partition coefficient (Wildman–Crippen LogP) is 2.08. The molecule has 0 aromatic carbocycles. The van der Waals surface area contributed by atoms with Crippen LogP contribution in [0.3, 0.4) is 0 Å². The van der Waals surface area contributed by atoms with E-state index in [1.807, 2.05) is 4.90 Å². The highest BCUT2D eigenvalue weighted by atomic mass is 19.1. The van der Waals surface area contributed by atoms with Crippen molar-refractivity contribution in [3.05, 3.63) is 17.7 Å². The van der Waals surface area contributed by atoms with Crippen molar-refractivity contribution in [3.8, 4) is 0 Å². The lowest BCUT2D eigenvalue weighted by atomic mass is 10.2. The van der Waals surface area contributed by atoms with E-state index in [9.17, 15) is 8.78 Å². The number of nitrogens with one attached hydrogen (secondary N) is 1. The highest BCUT2D eigenvalue weighted by Crippen LogP contribution is 2.28. The van der Waals surface area contributed by atoms with Gasteiger partial charge in [0.1, 0.15) is 0 Å². The number of pyridine rings is 1. The van der Waals surface area contributed by atoms with E-state index in [4.69, 9.17) is 0 Å². The fraction of sp³-hybridized carbons (Fsp3) is 0.643. The third kappa shape index (κ3) is 2.44. The van der Waals surface area contributed by atoms with E-state index in [0.717, 1.165) is 38.7 Å². The number of hydrogen-bond acceptors (Lipinski definition) is 4. The van der Waals surface area contributed by atoms with Crippen LogP contribution < -0.4 is 10.2 Å². The standard InChI is InChI=1S/C14H20F2N4/c1-17-13-11(15)8-12(16)14(18-13)20-7-4-10(9-20)19-5-2-3-6-19/h8,10H,2-7,9H2,1H3,(H,17,18). The normalized spacial score (nSPS) is 23.6. The third-order valence-electron chi connectivity index (χ3n) is 4.27. The molecule has 1 aromatic heterocycles. The van der Waals surface area contributed by atoms with Gasteiger partial charge in [-0.1, -0.05) is 0 Å². The van der Waals surface area contributed by atoms with Crippen molar-refractivity contribution >= 4 is 11.6 Å². The zero-order valence-electron chi connectivity index (χ0n) is 11.7. The van der Waals surface area contributed by atoms with Crippen LogP contribution in [0.15, 0.2) is 6.07 Å². The minimum Gasteiger partial charge on any atom is -0.371 e. The Morgan fingerprint density at radius 1 is 1.20 bits per heavy atom. The fourth-order valence-corrected chi connectivity index (χ4v) is 3.19. The molecule has 2 aliphatic heterocycles. The van der Waals surface area contributed by atoms with Gasteiger partial charge in [-0.2, -0.15) is 0 Å². The molecule has 0 saturated carbocycles. The highest BCUT2D eigenvalue weighted by molar-refractivity contribution is 5.49. The van der Waals surface area contributed by atoms with Crippen molar-refractivity contribution in [2.75, 3.05) is 43.4 Å². The van der Waals surface area contributed by atoms with Crippen LogP contribution in [0, 0.1) is 11.6 Å². The molecular formula is C14H20F2N4. The summed E-state index contributed by atoms with van der Waals surface area (Å²) in [6.45, 7) is 3.83. The van der Waals surface area contributed by atoms with Gasteiger partial charge in [-0.25, -0.2) is 13.8 Å². The second-order valence-corrected chi connectivity index (χ2v) is 5.51. The van der Waals surface area contributed by atoms with Gasteiger partial charge in [0, 0.05) is 32.2 Å². The topological polar surface area (TPSA) is 31.4 Å². The van der Waals surface area contributed by atoms with Crippen LogP contribution in [-0.2, 0) is 0 Å². The van der Waals surface area contributed by atoms with Crippen LogP contribution in [0.25, 0.3) is 0 Å². The Balaban J connectivity index is 1.76. The maximum atomic E-state index is 13.9. The second kappa shape index (κ2) is 5.52. The summed E-state index contributed by atoms with van der Waals surface area (Å²) in [6.07, 6.45) is 3.53. The molecule has 110 valence electrons. The molecule has 0 amide bonds. The number of aromatic nitrogens is 1. The van der Waals surface area contributed by atoms with Crippen LogP contribution >= 0.6 is 0 Å². The lowest BCUT2D eigenvalue weighted by Crippen LogP contribution is -2.35. The lowest BCUT2D eigenvalue weighted by molar-refractivity contribution is 0.260. The smallest absolute Gasteiger partial charge is 0.168 e. The van der Waals surface area contributed by atoms with E-state index in [1.165, 1.54) is 12.8 Å². The van der Waals surface area contributed by atoms with Crippen molar-refractivity contribution < 1.29 is 8.78 Å². The molecule has 4 nitrogen and oxygen atoms in total. The first-order chi connectivity index (χ1) is 9.69. The van der Waals surface area contributed by atoms with E-state index in [2.05, 4.69) is 15.2 Å². The van der Waals surface area contributed by atoms with Crippen LogP contribution in [-0.4, -0.2) is 49.2 Å². The van der Waals surface area contributed by atoms with E-state index in [-0.39, 0.29) is 11.6 Å². The number of rotatable bonds is 3. The SMILES string of the molecule is CNc1nc(N2CCC(N3CCCC3)C2)c(F)cc1F. The summed E-state index contributed by atoms with van der Waals surface area (Å²) in [5.74, 6) is -0.865. The van der Waals surface area contributed by atoms with Crippen molar-refractivity contribution in [2.45, 2.75) is 25.3 Å². The van der Waals surface area contributed by atoms with Crippen LogP contribution in [0.1, 0.15) is 19.3 Å². The summed E-state index contributed by atoms with van der Waals surface area (Å²) in [7, 11) is 1.59. The number of nitrogens with zero attached hydrogens (tertiary/aromatic N) is 3. The average Bonchev–Trinajstić information content (AvgIpc) is 3.09. The predicted molar refractivity (Wildman–Crippen MR) is 75.1 cm³/mol. The third-order valence-corrected chi connectivity index (χ3v) is 4.27. The van der Waals surface area contributed by atoms with Gasteiger partial charge in [0.05, 0.1) is 0 Å². The molecule has 2 saturated heterocycles. The molecule has 1 N–H and O–H groups in total. The minimum atomic E-state index is -0.649. The van der Waals surface area contributed by atoms with Gasteiger partial charge in [-0.05, 0) is 32.4 Å². The zero-order valence-corrected chi connectivity index (χ0v) is 11.7. The molecule has 0 radical (unpaired) electrons. The summed E-state index contributed by atoms with van der Waals surface area (Å²) >= 11 is 0. The second-order valence-electron chi connectivity index (χ2n) is 5.51. The number of anilines is 2. The Kier molecular flexibility index (Phi) is 3.74. The van der Waals surface area contributed by atoms with Crippen LogP contribution in [0.2, 0.25) is 0 Å². The van der Waals surface area contributed by atoms with Crippen LogP contribution in [0.4, 0.5) is 20.4 Å². The quantitative estimate of drug-likeness (QED) is 0.919. The van der Waals surface area contributed by atoms with Gasteiger partial charge in [-0.15, -0.1) is 0 Å². The minimum absolute atomic E-state index is 0.103. The first-order valence-corrected chi connectivity index (χ1v) is 7.22. The van der Waals surface area contributed by atoms with Crippen LogP contribution in [0.5, 0.6) is 0 Å². The average molecular weight is 282 g/mol. The van der Waals surface area contributed by atoms with Crippen molar-refractivity contribution in [1.29, 1.82) is 0 Å².